The van der Waals surface area contributed by atoms with E-state index >= 15 is 0 Å². The summed E-state index contributed by atoms with van der Waals surface area (Å²) in [6.45, 7) is 3.85. The third kappa shape index (κ3) is 8.46. The van der Waals surface area contributed by atoms with Crippen molar-refractivity contribution in [1.82, 2.24) is 0 Å². The molecule has 1 saturated heterocycles. The minimum absolute atomic E-state index is 0.346. The molecular weight excluding hydrogens is 230 g/mol. The predicted molar refractivity (Wildman–Crippen MR) is 69.3 cm³/mol. The number of hydrogen-bond acceptors (Lipinski definition) is 4. The van der Waals surface area contributed by atoms with Crippen LogP contribution in [0, 0.1) is 11.3 Å². The van der Waals surface area contributed by atoms with E-state index in [1.54, 1.807) is 0 Å². The predicted octanol–water partition coefficient (Wildman–Crippen LogP) is 2.67. The Balaban J connectivity index is 1.69. The van der Waals surface area contributed by atoms with Crippen molar-refractivity contribution in [3.8, 4) is 6.07 Å². The molecule has 0 bridgehead atoms. The fourth-order valence-electron chi connectivity index (χ4n) is 1.97. The summed E-state index contributed by atoms with van der Waals surface area (Å²) in [5.41, 5.74) is 0. The van der Waals surface area contributed by atoms with Gasteiger partial charge in [0.25, 0.3) is 0 Å². The van der Waals surface area contributed by atoms with Gasteiger partial charge in [0.1, 0.15) is 0 Å². The monoisotopic (exact) mass is 255 g/mol. The maximum Gasteiger partial charge on any atom is 0.0809 e. The molecule has 1 atom stereocenters. The van der Waals surface area contributed by atoms with Gasteiger partial charge >= 0.3 is 0 Å². The maximum atomic E-state index is 8.32. The summed E-state index contributed by atoms with van der Waals surface area (Å²) in [6.07, 6.45) is 7.74. The molecule has 0 aliphatic carbocycles. The molecule has 0 spiro atoms. The van der Waals surface area contributed by atoms with Crippen LogP contribution in [0.2, 0.25) is 0 Å². The Morgan fingerprint density at radius 3 is 2.50 bits per heavy atom. The van der Waals surface area contributed by atoms with Gasteiger partial charge in [-0.2, -0.15) is 5.26 Å². The van der Waals surface area contributed by atoms with Crippen LogP contribution in [0.5, 0.6) is 0 Å². The average molecular weight is 255 g/mol. The van der Waals surface area contributed by atoms with E-state index < -0.39 is 0 Å². The SMILES string of the molecule is N#CCCOCCCCCCOCC1CCCO1. The quantitative estimate of drug-likeness (QED) is 0.533. The summed E-state index contributed by atoms with van der Waals surface area (Å²) in [5.74, 6) is 0. The Hall–Kier alpha value is -0.630. The largest absolute Gasteiger partial charge is 0.380 e. The van der Waals surface area contributed by atoms with Crippen LogP contribution in [-0.2, 0) is 14.2 Å². The zero-order valence-electron chi connectivity index (χ0n) is 11.2. The Bertz CT molecular complexity index is 222. The van der Waals surface area contributed by atoms with Crippen LogP contribution < -0.4 is 0 Å². The number of hydrogen-bond donors (Lipinski definition) is 0. The van der Waals surface area contributed by atoms with Gasteiger partial charge in [-0.15, -0.1) is 0 Å². The molecule has 0 N–H and O–H groups in total. The normalized spacial score (nSPS) is 18.9. The van der Waals surface area contributed by atoms with Crippen LogP contribution >= 0.6 is 0 Å². The fourth-order valence-corrected chi connectivity index (χ4v) is 1.97. The van der Waals surface area contributed by atoms with E-state index in [9.17, 15) is 0 Å². The molecule has 0 aromatic rings. The summed E-state index contributed by atoms with van der Waals surface area (Å²) in [7, 11) is 0. The second-order valence-corrected chi connectivity index (χ2v) is 4.64. The molecule has 1 aliphatic rings. The lowest BCUT2D eigenvalue weighted by molar-refractivity contribution is 0.0160. The molecular formula is C14H25NO3. The fraction of sp³-hybridized carbons (Fsp3) is 0.929. The van der Waals surface area contributed by atoms with Gasteiger partial charge in [-0.25, -0.2) is 0 Å². The highest BCUT2D eigenvalue weighted by Crippen LogP contribution is 2.12. The van der Waals surface area contributed by atoms with Crippen molar-refractivity contribution in [1.29, 1.82) is 5.26 Å². The first-order valence-electron chi connectivity index (χ1n) is 7.07. The van der Waals surface area contributed by atoms with Gasteiger partial charge < -0.3 is 14.2 Å². The van der Waals surface area contributed by atoms with Crippen LogP contribution in [-0.4, -0.2) is 39.1 Å². The second-order valence-electron chi connectivity index (χ2n) is 4.64. The summed E-state index contributed by atoms with van der Waals surface area (Å²) < 4.78 is 16.4. The highest BCUT2D eigenvalue weighted by atomic mass is 16.5. The second kappa shape index (κ2) is 11.5. The van der Waals surface area contributed by atoms with Crippen molar-refractivity contribution in [2.24, 2.45) is 0 Å². The first-order valence-corrected chi connectivity index (χ1v) is 7.07. The van der Waals surface area contributed by atoms with Crippen molar-refractivity contribution < 1.29 is 14.2 Å². The summed E-state index contributed by atoms with van der Waals surface area (Å²) in [6, 6.07) is 2.06. The van der Waals surface area contributed by atoms with Crippen molar-refractivity contribution >= 4 is 0 Å². The van der Waals surface area contributed by atoms with E-state index in [4.69, 9.17) is 19.5 Å². The van der Waals surface area contributed by atoms with Crippen LogP contribution in [0.15, 0.2) is 0 Å². The zero-order valence-corrected chi connectivity index (χ0v) is 11.2. The van der Waals surface area contributed by atoms with Crippen molar-refractivity contribution in [3.63, 3.8) is 0 Å². The lowest BCUT2D eigenvalue weighted by atomic mass is 10.2. The van der Waals surface area contributed by atoms with Gasteiger partial charge in [0.2, 0.25) is 0 Å². The van der Waals surface area contributed by atoms with E-state index in [1.165, 1.54) is 19.3 Å². The molecule has 0 amide bonds. The Morgan fingerprint density at radius 2 is 1.83 bits per heavy atom. The number of unbranched alkanes of at least 4 members (excludes halogenated alkanes) is 3. The molecule has 0 aromatic carbocycles. The van der Waals surface area contributed by atoms with Gasteiger partial charge in [-0.1, -0.05) is 12.8 Å². The maximum absolute atomic E-state index is 8.32. The minimum Gasteiger partial charge on any atom is -0.380 e. The number of nitriles is 1. The Morgan fingerprint density at radius 1 is 1.06 bits per heavy atom. The first-order chi connectivity index (χ1) is 8.93. The molecule has 18 heavy (non-hydrogen) atoms. The van der Waals surface area contributed by atoms with E-state index in [0.717, 1.165) is 45.7 Å². The van der Waals surface area contributed by atoms with E-state index in [2.05, 4.69) is 6.07 Å². The highest BCUT2D eigenvalue weighted by Gasteiger charge is 2.14. The highest BCUT2D eigenvalue weighted by molar-refractivity contribution is 4.67. The molecule has 1 fully saturated rings. The number of ether oxygens (including phenoxy) is 3. The Kier molecular flexibility index (Phi) is 9.82. The third-order valence-electron chi connectivity index (χ3n) is 3.01. The average Bonchev–Trinajstić information content (AvgIpc) is 2.89. The van der Waals surface area contributed by atoms with Crippen LogP contribution in [0.1, 0.15) is 44.9 Å². The van der Waals surface area contributed by atoms with Crippen LogP contribution in [0.3, 0.4) is 0 Å². The molecule has 4 heteroatoms. The molecule has 1 aliphatic heterocycles. The zero-order chi connectivity index (χ0) is 12.9. The van der Waals surface area contributed by atoms with Gasteiger partial charge in [0.05, 0.1) is 31.8 Å². The van der Waals surface area contributed by atoms with Crippen molar-refractivity contribution in [3.05, 3.63) is 0 Å². The molecule has 1 heterocycles. The van der Waals surface area contributed by atoms with E-state index in [1.807, 2.05) is 0 Å². The smallest absolute Gasteiger partial charge is 0.0809 e. The Labute approximate surface area is 110 Å². The topological polar surface area (TPSA) is 51.5 Å². The van der Waals surface area contributed by atoms with Crippen molar-refractivity contribution in [2.75, 3.05) is 33.0 Å². The lowest BCUT2D eigenvalue weighted by Gasteiger charge is -2.09. The van der Waals surface area contributed by atoms with Gasteiger partial charge in [-0.3, -0.25) is 0 Å². The minimum atomic E-state index is 0.346. The summed E-state index contributed by atoms with van der Waals surface area (Å²) in [4.78, 5) is 0. The standard InChI is InChI=1S/C14H25NO3/c15-8-6-11-16-9-3-1-2-4-10-17-13-14-7-5-12-18-14/h14H,1-7,9-13H2. The molecule has 1 rings (SSSR count). The van der Waals surface area contributed by atoms with Gasteiger partial charge in [0, 0.05) is 19.8 Å². The number of nitrogens with zero attached hydrogens (tertiary/aromatic N) is 1. The van der Waals surface area contributed by atoms with E-state index in [-0.39, 0.29) is 0 Å². The van der Waals surface area contributed by atoms with Gasteiger partial charge in [0.15, 0.2) is 0 Å². The molecule has 0 saturated carbocycles. The molecule has 0 aromatic heterocycles. The third-order valence-corrected chi connectivity index (χ3v) is 3.01. The van der Waals surface area contributed by atoms with Crippen molar-refractivity contribution in [2.45, 2.75) is 51.0 Å². The van der Waals surface area contributed by atoms with E-state index in [0.29, 0.717) is 19.1 Å². The molecule has 104 valence electrons. The molecule has 1 unspecified atom stereocenters. The summed E-state index contributed by atoms with van der Waals surface area (Å²) >= 11 is 0. The first kappa shape index (κ1) is 15.4. The molecule has 0 radical (unpaired) electrons. The molecule has 4 nitrogen and oxygen atoms in total. The van der Waals surface area contributed by atoms with Gasteiger partial charge in [-0.05, 0) is 25.7 Å². The van der Waals surface area contributed by atoms with Crippen LogP contribution in [0.4, 0.5) is 0 Å². The number of rotatable bonds is 11. The lowest BCUT2D eigenvalue weighted by Crippen LogP contribution is -2.14. The van der Waals surface area contributed by atoms with Crippen LogP contribution in [0.25, 0.3) is 0 Å². The summed E-state index contributed by atoms with van der Waals surface area (Å²) in [5, 5.41) is 8.32.